The van der Waals surface area contributed by atoms with Crippen molar-refractivity contribution in [2.45, 2.75) is 56.3 Å². The Labute approximate surface area is 205 Å². The van der Waals surface area contributed by atoms with E-state index >= 15 is 0 Å². The number of carbonyl (C=O) groups is 1. The van der Waals surface area contributed by atoms with E-state index in [0.717, 1.165) is 24.0 Å². The Balaban J connectivity index is 1.26. The quantitative estimate of drug-likeness (QED) is 0.531. The number of hydrogen-bond acceptors (Lipinski definition) is 6. The number of aromatic nitrogens is 2. The molecule has 5 rings (SSSR count). The Hall–Kier alpha value is -3.04. The lowest BCUT2D eigenvalue weighted by atomic mass is 9.98. The molecule has 1 N–H and O–H groups in total. The van der Waals surface area contributed by atoms with Gasteiger partial charge in [0.15, 0.2) is 0 Å². The molecule has 1 atom stereocenters. The summed E-state index contributed by atoms with van der Waals surface area (Å²) in [6.45, 7) is 2.49. The van der Waals surface area contributed by atoms with Gasteiger partial charge in [-0.25, -0.2) is 8.42 Å². The Kier molecular flexibility index (Phi) is 6.71. The van der Waals surface area contributed by atoms with Gasteiger partial charge >= 0.3 is 0 Å². The molecule has 1 saturated heterocycles. The lowest BCUT2D eigenvalue weighted by molar-refractivity contribution is -0.120. The Morgan fingerprint density at radius 1 is 1.06 bits per heavy atom. The van der Waals surface area contributed by atoms with E-state index in [1.54, 1.807) is 24.3 Å². The number of benzene rings is 2. The summed E-state index contributed by atoms with van der Waals surface area (Å²) >= 11 is 0. The van der Waals surface area contributed by atoms with E-state index in [2.05, 4.69) is 15.5 Å². The zero-order valence-electron chi connectivity index (χ0n) is 19.8. The van der Waals surface area contributed by atoms with Crippen molar-refractivity contribution >= 4 is 21.6 Å². The lowest BCUT2D eigenvalue weighted by Gasteiger charge is -2.31. The summed E-state index contributed by atoms with van der Waals surface area (Å²) < 4.78 is 33.1. The first-order valence-electron chi connectivity index (χ1n) is 12.2. The number of rotatable bonds is 6. The van der Waals surface area contributed by atoms with Crippen LogP contribution in [0, 0.1) is 12.8 Å². The second-order valence-electron chi connectivity index (χ2n) is 9.52. The molecule has 1 aliphatic carbocycles. The first-order chi connectivity index (χ1) is 16.9. The molecule has 0 bridgehead atoms. The molecule has 9 heteroatoms. The third-order valence-corrected chi connectivity index (χ3v) is 8.83. The molecular formula is C26H30N4O4S. The van der Waals surface area contributed by atoms with Gasteiger partial charge in [0.1, 0.15) is 0 Å². The summed E-state index contributed by atoms with van der Waals surface area (Å²) in [5, 5.41) is 7.10. The van der Waals surface area contributed by atoms with E-state index in [-0.39, 0.29) is 17.3 Å². The van der Waals surface area contributed by atoms with Gasteiger partial charge in [-0.3, -0.25) is 4.79 Å². The maximum absolute atomic E-state index is 13.1. The molecule has 2 heterocycles. The molecule has 1 unspecified atom stereocenters. The molecule has 2 aliphatic rings. The van der Waals surface area contributed by atoms with Gasteiger partial charge in [0.2, 0.25) is 27.6 Å². The molecule has 0 radical (unpaired) electrons. The maximum atomic E-state index is 13.1. The molecule has 1 amide bonds. The third-order valence-electron chi connectivity index (χ3n) is 6.95. The highest BCUT2D eigenvalue weighted by Crippen LogP contribution is 2.34. The number of aryl methyl sites for hydroxylation is 1. The maximum Gasteiger partial charge on any atom is 0.243 e. The first kappa shape index (κ1) is 23.7. The average Bonchev–Trinajstić information content (AvgIpc) is 3.57. The van der Waals surface area contributed by atoms with E-state index in [4.69, 9.17) is 4.52 Å². The fraction of sp³-hybridized carbons (Fsp3) is 0.423. The van der Waals surface area contributed by atoms with E-state index in [0.29, 0.717) is 42.7 Å². The minimum absolute atomic E-state index is 0.164. The molecular weight excluding hydrogens is 464 g/mol. The Bertz CT molecular complexity index is 1300. The second kappa shape index (κ2) is 9.91. The number of amides is 1. The summed E-state index contributed by atoms with van der Waals surface area (Å²) in [5.74, 6) is 0.919. The molecule has 8 nitrogen and oxygen atoms in total. The van der Waals surface area contributed by atoms with Crippen molar-refractivity contribution in [3.63, 3.8) is 0 Å². The second-order valence-corrected chi connectivity index (χ2v) is 11.5. The van der Waals surface area contributed by atoms with Crippen molar-refractivity contribution in [3.8, 4) is 11.4 Å². The fourth-order valence-corrected chi connectivity index (χ4v) is 6.43. The molecule has 2 aromatic carbocycles. The van der Waals surface area contributed by atoms with Crippen LogP contribution in [0.2, 0.25) is 0 Å². The van der Waals surface area contributed by atoms with Gasteiger partial charge in [-0.2, -0.15) is 9.29 Å². The number of anilines is 1. The summed E-state index contributed by atoms with van der Waals surface area (Å²) in [6.07, 6.45) is 5.81. The molecule has 35 heavy (non-hydrogen) atoms. The zero-order chi connectivity index (χ0) is 24.4. The van der Waals surface area contributed by atoms with Crippen LogP contribution in [0.1, 0.15) is 55.9 Å². The van der Waals surface area contributed by atoms with Crippen LogP contribution >= 0.6 is 0 Å². The molecule has 184 valence electrons. The molecule has 1 saturated carbocycles. The number of carbonyl (C=O) groups excluding carboxylic acids is 1. The molecule has 1 aromatic heterocycles. The monoisotopic (exact) mass is 494 g/mol. The lowest BCUT2D eigenvalue weighted by Crippen LogP contribution is -2.43. The van der Waals surface area contributed by atoms with Crippen LogP contribution in [-0.2, 0) is 14.8 Å². The van der Waals surface area contributed by atoms with Crippen LogP contribution in [0.5, 0.6) is 0 Å². The standard InChI is InChI=1S/C26H30N4O4S/c1-18-11-13-23(14-12-18)35(32,33)30-15-5-9-21(17-30)25(31)27-22-10-4-8-20(16-22)24-28-26(34-29-24)19-6-2-3-7-19/h4,8,10-14,16,19,21H,2-3,5-7,9,15,17H2,1H3,(H,27,31). The molecule has 1 aliphatic heterocycles. The number of nitrogens with one attached hydrogen (secondary N) is 1. The smallest absolute Gasteiger partial charge is 0.243 e. The van der Waals surface area contributed by atoms with Gasteiger partial charge in [-0.05, 0) is 56.9 Å². The van der Waals surface area contributed by atoms with E-state index in [1.165, 1.54) is 17.1 Å². The summed E-state index contributed by atoms with van der Waals surface area (Å²) in [7, 11) is -3.64. The van der Waals surface area contributed by atoms with Crippen LogP contribution in [0.25, 0.3) is 11.4 Å². The minimum Gasteiger partial charge on any atom is -0.339 e. The highest BCUT2D eigenvalue weighted by atomic mass is 32.2. The van der Waals surface area contributed by atoms with Crippen molar-refractivity contribution < 1.29 is 17.7 Å². The van der Waals surface area contributed by atoms with Crippen LogP contribution in [0.15, 0.2) is 57.9 Å². The number of sulfonamides is 1. The zero-order valence-corrected chi connectivity index (χ0v) is 20.6. The predicted molar refractivity (Wildman–Crippen MR) is 132 cm³/mol. The minimum atomic E-state index is -3.64. The fourth-order valence-electron chi connectivity index (χ4n) is 4.91. The Morgan fingerprint density at radius 2 is 1.83 bits per heavy atom. The van der Waals surface area contributed by atoms with E-state index in [1.807, 2.05) is 31.2 Å². The summed E-state index contributed by atoms with van der Waals surface area (Å²) in [5.41, 5.74) is 2.39. The van der Waals surface area contributed by atoms with Gasteiger partial charge in [0.25, 0.3) is 0 Å². The predicted octanol–water partition coefficient (Wildman–Crippen LogP) is 4.74. The van der Waals surface area contributed by atoms with Gasteiger partial charge in [-0.1, -0.05) is 47.8 Å². The van der Waals surface area contributed by atoms with Crippen molar-refractivity contribution in [1.29, 1.82) is 0 Å². The Morgan fingerprint density at radius 3 is 2.60 bits per heavy atom. The van der Waals surface area contributed by atoms with Crippen molar-refractivity contribution in [3.05, 3.63) is 60.0 Å². The summed E-state index contributed by atoms with van der Waals surface area (Å²) in [6, 6.07) is 14.2. The molecule has 2 fully saturated rings. The third kappa shape index (κ3) is 5.16. The van der Waals surface area contributed by atoms with Crippen LogP contribution < -0.4 is 5.32 Å². The number of nitrogens with zero attached hydrogens (tertiary/aromatic N) is 3. The van der Waals surface area contributed by atoms with Crippen LogP contribution in [0.3, 0.4) is 0 Å². The van der Waals surface area contributed by atoms with Crippen molar-refractivity contribution in [2.24, 2.45) is 5.92 Å². The highest BCUT2D eigenvalue weighted by Gasteiger charge is 2.33. The van der Waals surface area contributed by atoms with Crippen molar-refractivity contribution in [2.75, 3.05) is 18.4 Å². The van der Waals surface area contributed by atoms with Gasteiger partial charge in [0, 0.05) is 30.3 Å². The van der Waals surface area contributed by atoms with E-state index in [9.17, 15) is 13.2 Å². The van der Waals surface area contributed by atoms with Gasteiger partial charge < -0.3 is 9.84 Å². The van der Waals surface area contributed by atoms with Crippen molar-refractivity contribution in [1.82, 2.24) is 14.4 Å². The SMILES string of the molecule is Cc1ccc(S(=O)(=O)N2CCCC(C(=O)Nc3cccc(-c4noc(C5CCCC5)n4)c3)C2)cc1. The van der Waals surface area contributed by atoms with E-state index < -0.39 is 15.9 Å². The largest absolute Gasteiger partial charge is 0.339 e. The molecule has 3 aromatic rings. The normalized spacial score (nSPS) is 19.6. The number of piperidine rings is 1. The first-order valence-corrected chi connectivity index (χ1v) is 13.7. The molecule has 0 spiro atoms. The number of hydrogen-bond donors (Lipinski definition) is 1. The summed E-state index contributed by atoms with van der Waals surface area (Å²) in [4.78, 5) is 17.9. The average molecular weight is 495 g/mol. The highest BCUT2D eigenvalue weighted by molar-refractivity contribution is 7.89. The van der Waals surface area contributed by atoms with Crippen LogP contribution in [-0.4, -0.2) is 41.9 Å². The van der Waals surface area contributed by atoms with Gasteiger partial charge in [0.05, 0.1) is 10.8 Å². The van der Waals surface area contributed by atoms with Gasteiger partial charge in [-0.15, -0.1) is 0 Å². The van der Waals surface area contributed by atoms with Crippen LogP contribution in [0.4, 0.5) is 5.69 Å². The topological polar surface area (TPSA) is 105 Å².